The van der Waals surface area contributed by atoms with Crippen LogP contribution in [0.4, 0.5) is 5.69 Å². The molecule has 128 valence electrons. The van der Waals surface area contributed by atoms with Crippen molar-refractivity contribution in [1.82, 2.24) is 4.90 Å². The van der Waals surface area contributed by atoms with Crippen LogP contribution in [-0.2, 0) is 6.42 Å². The number of rotatable bonds is 3. The zero-order valence-corrected chi connectivity index (χ0v) is 14.4. The fourth-order valence-electron chi connectivity index (χ4n) is 3.06. The van der Waals surface area contributed by atoms with E-state index in [0.29, 0.717) is 21.7 Å². The SMILES string of the molecule is CCc1c(C(=O)O)oc2c(N3CCN(C)CC3)cc(Cl)cc2c1=O. The van der Waals surface area contributed by atoms with E-state index in [9.17, 15) is 14.7 Å². The largest absolute Gasteiger partial charge is 0.475 e. The normalized spacial score (nSPS) is 15.9. The summed E-state index contributed by atoms with van der Waals surface area (Å²) in [5.41, 5.74) is 0.812. The highest BCUT2D eigenvalue weighted by Gasteiger charge is 2.24. The number of carboxylic acid groups (broad SMARTS) is 1. The van der Waals surface area contributed by atoms with Crippen LogP contribution in [0.2, 0.25) is 5.02 Å². The molecule has 2 aromatic rings. The van der Waals surface area contributed by atoms with Gasteiger partial charge in [0.15, 0.2) is 11.0 Å². The fraction of sp³-hybridized carbons (Fsp3) is 0.412. The Kier molecular flexibility index (Phi) is 4.51. The Hall–Kier alpha value is -2.05. The maximum atomic E-state index is 12.7. The number of aromatic carboxylic acids is 1. The molecule has 1 aliphatic rings. The van der Waals surface area contributed by atoms with Gasteiger partial charge in [0.1, 0.15) is 0 Å². The zero-order valence-electron chi connectivity index (χ0n) is 13.6. The molecule has 0 spiro atoms. The van der Waals surface area contributed by atoms with Gasteiger partial charge in [0.05, 0.1) is 16.6 Å². The average Bonchev–Trinajstić information content (AvgIpc) is 2.55. The number of halogens is 1. The smallest absolute Gasteiger partial charge is 0.372 e. The molecule has 2 heterocycles. The summed E-state index contributed by atoms with van der Waals surface area (Å²) in [6, 6.07) is 3.28. The standard InChI is InChI=1S/C17H19ClN2O4/c1-3-11-14(21)12-8-10(18)9-13(15(12)24-16(11)17(22)23)20-6-4-19(2)5-7-20/h8-9H,3-7H2,1-2H3,(H,22,23). The third-order valence-corrected chi connectivity index (χ3v) is 4.64. The Balaban J connectivity index is 2.26. The van der Waals surface area contributed by atoms with Crippen LogP contribution in [0, 0.1) is 0 Å². The molecule has 1 fully saturated rings. The number of piperazine rings is 1. The van der Waals surface area contributed by atoms with E-state index in [1.807, 2.05) is 7.05 Å². The molecule has 1 N–H and O–H groups in total. The van der Waals surface area contributed by atoms with Gasteiger partial charge in [-0.25, -0.2) is 4.79 Å². The molecule has 1 aromatic carbocycles. The molecule has 0 amide bonds. The molecule has 1 saturated heterocycles. The molecule has 0 unspecified atom stereocenters. The van der Waals surface area contributed by atoms with Crippen LogP contribution in [0.5, 0.6) is 0 Å². The molecular weight excluding hydrogens is 332 g/mol. The van der Waals surface area contributed by atoms with E-state index in [1.165, 1.54) is 0 Å². The minimum Gasteiger partial charge on any atom is -0.475 e. The van der Waals surface area contributed by atoms with E-state index in [0.717, 1.165) is 26.2 Å². The topological polar surface area (TPSA) is 74.0 Å². The van der Waals surface area contributed by atoms with Crippen molar-refractivity contribution in [1.29, 1.82) is 0 Å². The molecule has 0 radical (unpaired) electrons. The molecule has 7 heteroatoms. The summed E-state index contributed by atoms with van der Waals surface area (Å²) in [4.78, 5) is 28.5. The predicted molar refractivity (Wildman–Crippen MR) is 93.5 cm³/mol. The minimum absolute atomic E-state index is 0.168. The first-order valence-electron chi connectivity index (χ1n) is 7.88. The van der Waals surface area contributed by atoms with Gasteiger partial charge in [-0.2, -0.15) is 0 Å². The summed E-state index contributed by atoms with van der Waals surface area (Å²) in [5.74, 6) is -1.52. The van der Waals surface area contributed by atoms with Crippen molar-refractivity contribution in [3.05, 3.63) is 38.7 Å². The molecule has 1 aromatic heterocycles. The molecule has 1 aliphatic heterocycles. The molecule has 3 rings (SSSR count). The number of fused-ring (bicyclic) bond motifs is 1. The first-order valence-corrected chi connectivity index (χ1v) is 8.26. The first kappa shape index (κ1) is 16.8. The summed E-state index contributed by atoms with van der Waals surface area (Å²) in [7, 11) is 2.05. The lowest BCUT2D eigenvalue weighted by Crippen LogP contribution is -2.44. The second-order valence-electron chi connectivity index (χ2n) is 5.99. The lowest BCUT2D eigenvalue weighted by molar-refractivity contribution is 0.0661. The van der Waals surface area contributed by atoms with Gasteiger partial charge in [-0.3, -0.25) is 4.79 Å². The van der Waals surface area contributed by atoms with Gasteiger partial charge in [0, 0.05) is 31.2 Å². The van der Waals surface area contributed by atoms with E-state index >= 15 is 0 Å². The highest BCUT2D eigenvalue weighted by Crippen LogP contribution is 2.31. The quantitative estimate of drug-likeness (QED) is 0.916. The number of benzene rings is 1. The lowest BCUT2D eigenvalue weighted by Gasteiger charge is -2.34. The number of hydrogen-bond donors (Lipinski definition) is 1. The van der Waals surface area contributed by atoms with E-state index in [2.05, 4.69) is 9.80 Å². The molecule has 0 aliphatic carbocycles. The van der Waals surface area contributed by atoms with Crippen molar-refractivity contribution in [2.45, 2.75) is 13.3 Å². The molecule has 0 atom stereocenters. The summed E-state index contributed by atoms with van der Waals surface area (Å²) < 4.78 is 5.68. The third kappa shape index (κ3) is 2.87. The number of hydrogen-bond acceptors (Lipinski definition) is 5. The minimum atomic E-state index is -1.23. The fourth-order valence-corrected chi connectivity index (χ4v) is 3.27. The van der Waals surface area contributed by atoms with E-state index in [1.54, 1.807) is 19.1 Å². The Labute approximate surface area is 144 Å². The second kappa shape index (κ2) is 6.45. The second-order valence-corrected chi connectivity index (χ2v) is 6.43. The number of carboxylic acids is 1. The van der Waals surface area contributed by atoms with E-state index in [4.69, 9.17) is 16.0 Å². The van der Waals surface area contributed by atoms with Gasteiger partial charge in [-0.05, 0) is 25.6 Å². The average molecular weight is 351 g/mol. The maximum absolute atomic E-state index is 12.7. The molecule has 24 heavy (non-hydrogen) atoms. The number of carbonyl (C=O) groups is 1. The van der Waals surface area contributed by atoms with Crippen LogP contribution in [0.3, 0.4) is 0 Å². The van der Waals surface area contributed by atoms with Gasteiger partial charge >= 0.3 is 5.97 Å². The maximum Gasteiger partial charge on any atom is 0.372 e. The first-order chi connectivity index (χ1) is 11.4. The summed E-state index contributed by atoms with van der Waals surface area (Å²) in [6.07, 6.45) is 0.288. The Morgan fingerprint density at radius 1 is 1.29 bits per heavy atom. The van der Waals surface area contributed by atoms with Crippen LogP contribution in [0.25, 0.3) is 11.0 Å². The summed E-state index contributed by atoms with van der Waals surface area (Å²) >= 11 is 6.21. The molecule has 6 nitrogen and oxygen atoms in total. The molecular formula is C17H19ClN2O4. The van der Waals surface area contributed by atoms with Crippen LogP contribution in [0.1, 0.15) is 23.0 Å². The van der Waals surface area contributed by atoms with Crippen molar-refractivity contribution in [2.24, 2.45) is 0 Å². The van der Waals surface area contributed by atoms with Gasteiger partial charge in [0.25, 0.3) is 0 Å². The Bertz CT molecular complexity index is 854. The zero-order chi connectivity index (χ0) is 17.4. The van der Waals surface area contributed by atoms with Crippen LogP contribution >= 0.6 is 11.6 Å². The van der Waals surface area contributed by atoms with Crippen LogP contribution in [-0.4, -0.2) is 49.2 Å². The van der Waals surface area contributed by atoms with Crippen molar-refractivity contribution in [2.75, 3.05) is 38.1 Å². The van der Waals surface area contributed by atoms with Gasteiger partial charge in [-0.15, -0.1) is 0 Å². The number of anilines is 1. The van der Waals surface area contributed by atoms with Gasteiger partial charge in [0.2, 0.25) is 5.76 Å². The highest BCUT2D eigenvalue weighted by molar-refractivity contribution is 6.31. The highest BCUT2D eigenvalue weighted by atomic mass is 35.5. The van der Waals surface area contributed by atoms with Crippen LogP contribution in [0.15, 0.2) is 21.3 Å². The monoisotopic (exact) mass is 350 g/mol. The van der Waals surface area contributed by atoms with Crippen molar-refractivity contribution in [3.8, 4) is 0 Å². The molecule has 0 saturated carbocycles. The van der Waals surface area contributed by atoms with Crippen LogP contribution < -0.4 is 10.3 Å². The summed E-state index contributed by atoms with van der Waals surface area (Å²) in [5, 5.41) is 10.2. The van der Waals surface area contributed by atoms with Crippen molar-refractivity contribution < 1.29 is 14.3 Å². The lowest BCUT2D eigenvalue weighted by atomic mass is 10.1. The van der Waals surface area contributed by atoms with E-state index in [-0.39, 0.29) is 23.2 Å². The number of nitrogens with zero attached hydrogens (tertiary/aromatic N) is 2. The van der Waals surface area contributed by atoms with Gasteiger partial charge in [-0.1, -0.05) is 18.5 Å². The molecule has 0 bridgehead atoms. The third-order valence-electron chi connectivity index (χ3n) is 4.42. The number of likely N-dealkylation sites (N-methyl/N-ethyl adjacent to an activating group) is 1. The van der Waals surface area contributed by atoms with E-state index < -0.39 is 5.97 Å². The summed E-state index contributed by atoms with van der Waals surface area (Å²) in [6.45, 7) is 4.99. The van der Waals surface area contributed by atoms with Crippen molar-refractivity contribution in [3.63, 3.8) is 0 Å². The Morgan fingerprint density at radius 2 is 1.96 bits per heavy atom. The predicted octanol–water partition coefficient (Wildman–Crippen LogP) is 2.46. The Morgan fingerprint density at radius 3 is 2.54 bits per heavy atom. The van der Waals surface area contributed by atoms with Gasteiger partial charge < -0.3 is 19.3 Å². The van der Waals surface area contributed by atoms with Crippen molar-refractivity contribution >= 4 is 34.2 Å².